The van der Waals surface area contributed by atoms with Crippen molar-refractivity contribution in [2.24, 2.45) is 0 Å². The lowest BCUT2D eigenvalue weighted by Crippen LogP contribution is -2.26. The summed E-state index contributed by atoms with van der Waals surface area (Å²) >= 11 is 0. The van der Waals surface area contributed by atoms with Crippen LogP contribution in [0.15, 0.2) is 60.8 Å². The highest BCUT2D eigenvalue weighted by Crippen LogP contribution is 2.19. The molecule has 0 aliphatic carbocycles. The Balaban J connectivity index is 1.70. The Kier molecular flexibility index (Phi) is 5.00. The van der Waals surface area contributed by atoms with Gasteiger partial charge in [0.15, 0.2) is 0 Å². The van der Waals surface area contributed by atoms with Gasteiger partial charge in [-0.15, -0.1) is 10.2 Å². The molecule has 3 aromatic rings. The standard InChI is InChI=1S/C18H15N7O/c1-25(18(26)13-5-3-2-4-6-13)16-9-7-15(8-10-16)20-12-14(11-19)17-21-23-24-22-17/h2-10,12,20H,1H3,(H,21,22,23,24). The van der Waals surface area contributed by atoms with Crippen molar-refractivity contribution in [2.45, 2.75) is 0 Å². The van der Waals surface area contributed by atoms with E-state index in [2.05, 4.69) is 25.9 Å². The number of nitriles is 1. The van der Waals surface area contributed by atoms with Gasteiger partial charge in [0.2, 0.25) is 5.82 Å². The van der Waals surface area contributed by atoms with Gasteiger partial charge in [0.05, 0.1) is 0 Å². The van der Waals surface area contributed by atoms with Crippen molar-refractivity contribution in [3.63, 3.8) is 0 Å². The van der Waals surface area contributed by atoms with E-state index < -0.39 is 0 Å². The molecule has 2 aromatic carbocycles. The molecule has 8 heteroatoms. The Morgan fingerprint density at radius 3 is 2.54 bits per heavy atom. The van der Waals surface area contributed by atoms with E-state index >= 15 is 0 Å². The number of amides is 1. The van der Waals surface area contributed by atoms with Crippen molar-refractivity contribution in [1.82, 2.24) is 20.6 Å². The molecule has 3 rings (SSSR count). The van der Waals surface area contributed by atoms with Crippen LogP contribution >= 0.6 is 0 Å². The highest BCUT2D eigenvalue weighted by Gasteiger charge is 2.12. The fraction of sp³-hybridized carbons (Fsp3) is 0.0556. The van der Waals surface area contributed by atoms with E-state index in [-0.39, 0.29) is 17.3 Å². The number of anilines is 2. The second-order valence-corrected chi connectivity index (χ2v) is 5.33. The fourth-order valence-electron chi connectivity index (χ4n) is 2.25. The maximum Gasteiger partial charge on any atom is 0.258 e. The van der Waals surface area contributed by atoms with Crippen molar-refractivity contribution in [3.05, 3.63) is 72.2 Å². The summed E-state index contributed by atoms with van der Waals surface area (Å²) in [6.07, 6.45) is 1.50. The minimum atomic E-state index is -0.0879. The first-order chi connectivity index (χ1) is 12.7. The van der Waals surface area contributed by atoms with Crippen LogP contribution in [-0.4, -0.2) is 33.6 Å². The molecule has 0 atom stereocenters. The van der Waals surface area contributed by atoms with Gasteiger partial charge in [-0.2, -0.15) is 10.5 Å². The van der Waals surface area contributed by atoms with E-state index in [1.165, 1.54) is 6.20 Å². The van der Waals surface area contributed by atoms with Crippen molar-refractivity contribution in [1.29, 1.82) is 5.26 Å². The second-order valence-electron chi connectivity index (χ2n) is 5.33. The quantitative estimate of drug-likeness (QED) is 0.687. The largest absolute Gasteiger partial charge is 0.360 e. The number of hydrogen-bond acceptors (Lipinski definition) is 6. The van der Waals surface area contributed by atoms with E-state index in [0.29, 0.717) is 5.56 Å². The van der Waals surface area contributed by atoms with E-state index in [0.717, 1.165) is 11.4 Å². The third-order valence-corrected chi connectivity index (χ3v) is 3.67. The maximum atomic E-state index is 12.5. The predicted molar refractivity (Wildman–Crippen MR) is 97.0 cm³/mol. The van der Waals surface area contributed by atoms with Crippen LogP contribution in [0, 0.1) is 11.3 Å². The molecule has 0 saturated heterocycles. The van der Waals surface area contributed by atoms with Crippen LogP contribution in [0.25, 0.3) is 5.57 Å². The molecule has 0 spiro atoms. The molecule has 0 radical (unpaired) electrons. The van der Waals surface area contributed by atoms with Crippen molar-refractivity contribution in [3.8, 4) is 6.07 Å². The van der Waals surface area contributed by atoms with Gasteiger partial charge in [0.25, 0.3) is 5.91 Å². The third kappa shape index (κ3) is 3.73. The average Bonchev–Trinajstić information content (AvgIpc) is 3.23. The van der Waals surface area contributed by atoms with E-state index in [1.807, 2.05) is 48.5 Å². The van der Waals surface area contributed by atoms with Crippen LogP contribution in [0.3, 0.4) is 0 Å². The summed E-state index contributed by atoms with van der Waals surface area (Å²) < 4.78 is 0. The lowest BCUT2D eigenvalue weighted by Gasteiger charge is -2.17. The highest BCUT2D eigenvalue weighted by molar-refractivity contribution is 6.05. The highest BCUT2D eigenvalue weighted by atomic mass is 16.2. The number of tetrazole rings is 1. The summed E-state index contributed by atoms with van der Waals surface area (Å²) in [4.78, 5) is 14.0. The molecule has 1 heterocycles. The maximum absolute atomic E-state index is 12.5. The normalized spacial score (nSPS) is 10.8. The van der Waals surface area contributed by atoms with Crippen molar-refractivity contribution in [2.75, 3.05) is 17.3 Å². The minimum Gasteiger partial charge on any atom is -0.360 e. The van der Waals surface area contributed by atoms with E-state index in [1.54, 1.807) is 24.1 Å². The van der Waals surface area contributed by atoms with Gasteiger partial charge in [-0.25, -0.2) is 0 Å². The number of nitrogens with zero attached hydrogens (tertiary/aromatic N) is 5. The Hall–Kier alpha value is -3.99. The lowest BCUT2D eigenvalue weighted by atomic mass is 10.2. The molecule has 2 N–H and O–H groups in total. The zero-order valence-corrected chi connectivity index (χ0v) is 13.9. The zero-order chi connectivity index (χ0) is 18.4. The van der Waals surface area contributed by atoms with Crippen molar-refractivity contribution < 1.29 is 4.79 Å². The second kappa shape index (κ2) is 7.72. The number of aromatic nitrogens is 4. The molecule has 8 nitrogen and oxygen atoms in total. The van der Waals surface area contributed by atoms with Gasteiger partial charge >= 0.3 is 0 Å². The van der Waals surface area contributed by atoms with E-state index in [9.17, 15) is 4.79 Å². The van der Waals surface area contributed by atoms with Crippen LogP contribution in [0.1, 0.15) is 16.2 Å². The topological polar surface area (TPSA) is 111 Å². The van der Waals surface area contributed by atoms with Crippen LogP contribution in [0.4, 0.5) is 11.4 Å². The van der Waals surface area contributed by atoms with Crippen LogP contribution in [0.2, 0.25) is 0 Å². The molecule has 1 aromatic heterocycles. The smallest absolute Gasteiger partial charge is 0.258 e. The molecule has 0 unspecified atom stereocenters. The number of H-pyrrole nitrogens is 1. The first kappa shape index (κ1) is 16.9. The molecule has 0 fully saturated rings. The monoisotopic (exact) mass is 345 g/mol. The van der Waals surface area contributed by atoms with Crippen LogP contribution < -0.4 is 10.2 Å². The summed E-state index contributed by atoms with van der Waals surface area (Å²) in [5, 5.41) is 25.4. The Bertz CT molecular complexity index is 941. The minimum absolute atomic E-state index is 0.0879. The molecule has 0 aliphatic heterocycles. The number of nitrogens with one attached hydrogen (secondary N) is 2. The summed E-state index contributed by atoms with van der Waals surface area (Å²) in [6, 6.07) is 18.3. The molecular formula is C18H15N7O. The van der Waals surface area contributed by atoms with Gasteiger partial charge in [0.1, 0.15) is 11.6 Å². The molecule has 0 saturated carbocycles. The zero-order valence-electron chi connectivity index (χ0n) is 13.9. The van der Waals surface area contributed by atoms with Crippen LogP contribution in [0.5, 0.6) is 0 Å². The number of aromatic amines is 1. The Morgan fingerprint density at radius 2 is 1.92 bits per heavy atom. The van der Waals surface area contributed by atoms with Gasteiger partial charge in [0, 0.05) is 30.2 Å². The lowest BCUT2D eigenvalue weighted by molar-refractivity contribution is 0.0993. The number of carbonyl (C=O) groups is 1. The number of carbonyl (C=O) groups excluding carboxylic acids is 1. The fourth-order valence-corrected chi connectivity index (χ4v) is 2.25. The van der Waals surface area contributed by atoms with Gasteiger partial charge < -0.3 is 10.2 Å². The number of allylic oxidation sites excluding steroid dienone is 1. The SMILES string of the molecule is CN(C(=O)c1ccccc1)c1ccc(NC=C(C#N)c2nn[nH]n2)cc1. The summed E-state index contributed by atoms with van der Waals surface area (Å²) in [7, 11) is 1.72. The molecule has 26 heavy (non-hydrogen) atoms. The molecule has 0 aliphatic rings. The third-order valence-electron chi connectivity index (χ3n) is 3.67. The first-order valence-corrected chi connectivity index (χ1v) is 7.73. The summed E-state index contributed by atoms with van der Waals surface area (Å²) in [6.45, 7) is 0. The summed E-state index contributed by atoms with van der Waals surface area (Å²) in [5.74, 6) is 0.125. The number of rotatable bonds is 5. The Morgan fingerprint density at radius 1 is 1.19 bits per heavy atom. The predicted octanol–water partition coefficient (Wildman–Crippen LogP) is 2.45. The molecule has 0 bridgehead atoms. The van der Waals surface area contributed by atoms with Gasteiger partial charge in [-0.1, -0.05) is 18.2 Å². The number of benzene rings is 2. The van der Waals surface area contributed by atoms with Crippen LogP contribution in [-0.2, 0) is 0 Å². The van der Waals surface area contributed by atoms with Gasteiger partial charge in [-0.3, -0.25) is 4.79 Å². The summed E-state index contributed by atoms with van der Waals surface area (Å²) in [5.41, 5.74) is 2.38. The molecular weight excluding hydrogens is 330 g/mol. The Labute approximate surface area is 149 Å². The van der Waals surface area contributed by atoms with Crippen molar-refractivity contribution >= 4 is 22.9 Å². The molecule has 1 amide bonds. The number of hydrogen-bond donors (Lipinski definition) is 2. The average molecular weight is 345 g/mol. The van der Waals surface area contributed by atoms with E-state index in [4.69, 9.17) is 5.26 Å². The molecule has 128 valence electrons. The first-order valence-electron chi connectivity index (χ1n) is 7.73. The van der Waals surface area contributed by atoms with Gasteiger partial charge in [-0.05, 0) is 41.6 Å².